The maximum Gasteiger partial charge on any atom is 0.190 e. The van der Waals surface area contributed by atoms with Crippen molar-refractivity contribution in [3.8, 4) is 0 Å². The highest BCUT2D eigenvalue weighted by Gasteiger charge is 2.25. The molecule has 0 bridgehead atoms. The lowest BCUT2D eigenvalue weighted by Crippen LogP contribution is -3.00. The molecule has 0 aliphatic carbocycles. The standard InChI is InChI=1S/C21H41N2.BrH/c1-3-5-6-7-8-9-10-11-12-13-14-15-16-17-19-23(4-2)20-18-22-21-23;/h4,21H,2-3,5-20H2,1H3;1H/q+1;/p-1. The smallest absolute Gasteiger partial charge is 0.190 e. The van der Waals surface area contributed by atoms with Crippen molar-refractivity contribution < 1.29 is 21.5 Å². The molecule has 0 aromatic rings. The van der Waals surface area contributed by atoms with Crippen molar-refractivity contribution in [2.75, 3.05) is 19.6 Å². The van der Waals surface area contributed by atoms with Gasteiger partial charge < -0.3 is 17.0 Å². The van der Waals surface area contributed by atoms with Crippen molar-refractivity contribution in [3.63, 3.8) is 0 Å². The Morgan fingerprint density at radius 2 is 1.29 bits per heavy atom. The van der Waals surface area contributed by atoms with Gasteiger partial charge in [-0.25, -0.2) is 4.99 Å². The van der Waals surface area contributed by atoms with Crippen molar-refractivity contribution in [2.24, 2.45) is 4.99 Å². The Kier molecular flexibility index (Phi) is 16.2. The van der Waals surface area contributed by atoms with E-state index in [9.17, 15) is 0 Å². The number of hydrogen-bond acceptors (Lipinski definition) is 1. The molecule has 1 rings (SSSR count). The van der Waals surface area contributed by atoms with Gasteiger partial charge in [-0.05, 0) is 19.4 Å². The van der Waals surface area contributed by atoms with E-state index in [0.717, 1.165) is 17.6 Å². The van der Waals surface area contributed by atoms with Gasteiger partial charge in [0.1, 0.15) is 6.54 Å². The van der Waals surface area contributed by atoms with E-state index in [1.807, 2.05) is 0 Å². The van der Waals surface area contributed by atoms with Gasteiger partial charge >= 0.3 is 0 Å². The van der Waals surface area contributed by atoms with Crippen molar-refractivity contribution in [2.45, 2.75) is 96.8 Å². The van der Waals surface area contributed by atoms with Gasteiger partial charge in [0.25, 0.3) is 0 Å². The molecule has 142 valence electrons. The van der Waals surface area contributed by atoms with Crippen LogP contribution in [0, 0.1) is 0 Å². The van der Waals surface area contributed by atoms with Crippen molar-refractivity contribution in [1.29, 1.82) is 0 Å². The molecule has 0 radical (unpaired) electrons. The van der Waals surface area contributed by atoms with Gasteiger partial charge in [-0.15, -0.1) is 0 Å². The number of rotatable bonds is 16. The zero-order valence-corrected chi connectivity index (χ0v) is 17.7. The number of nitrogens with zero attached hydrogens (tertiary/aromatic N) is 2. The molecule has 0 saturated heterocycles. The molecule has 2 nitrogen and oxygen atoms in total. The summed E-state index contributed by atoms with van der Waals surface area (Å²) in [6, 6.07) is 0. The Balaban J connectivity index is 0.00000529. The molecule has 1 heterocycles. The average molecular weight is 401 g/mol. The van der Waals surface area contributed by atoms with E-state index in [0.29, 0.717) is 0 Å². The minimum Gasteiger partial charge on any atom is -1.00 e. The third-order valence-corrected chi connectivity index (χ3v) is 5.25. The van der Waals surface area contributed by atoms with E-state index in [1.165, 1.54) is 96.4 Å². The van der Waals surface area contributed by atoms with Gasteiger partial charge in [-0.2, -0.15) is 0 Å². The van der Waals surface area contributed by atoms with Gasteiger partial charge in [-0.1, -0.05) is 84.0 Å². The fourth-order valence-electron chi connectivity index (χ4n) is 3.52. The van der Waals surface area contributed by atoms with Crippen LogP contribution in [0.4, 0.5) is 0 Å². The second kappa shape index (κ2) is 16.3. The summed E-state index contributed by atoms with van der Waals surface area (Å²) in [7, 11) is 0. The van der Waals surface area contributed by atoms with Gasteiger partial charge in [0, 0.05) is 0 Å². The monoisotopic (exact) mass is 400 g/mol. The minimum atomic E-state index is 0. The summed E-state index contributed by atoms with van der Waals surface area (Å²) in [6.45, 7) is 9.57. The molecule has 3 heteroatoms. The summed E-state index contributed by atoms with van der Waals surface area (Å²) in [4.78, 5) is 4.37. The number of quaternary nitrogens is 1. The number of aliphatic imine (C=N–C) groups is 1. The van der Waals surface area contributed by atoms with Gasteiger partial charge in [-0.3, -0.25) is 4.48 Å². The fraction of sp³-hybridized carbons (Fsp3) is 0.857. The Labute approximate surface area is 162 Å². The van der Waals surface area contributed by atoms with Crippen LogP contribution in [0.1, 0.15) is 96.8 Å². The van der Waals surface area contributed by atoms with E-state index >= 15 is 0 Å². The maximum absolute atomic E-state index is 4.37. The first-order valence-corrected chi connectivity index (χ1v) is 10.3. The quantitative estimate of drug-likeness (QED) is 0.277. The largest absolute Gasteiger partial charge is 1.00 e. The predicted molar refractivity (Wildman–Crippen MR) is 104 cm³/mol. The van der Waals surface area contributed by atoms with Crippen LogP contribution in [0.2, 0.25) is 0 Å². The molecule has 1 aliphatic rings. The summed E-state index contributed by atoms with van der Waals surface area (Å²) in [6.07, 6.45) is 24.1. The second-order valence-electron chi connectivity index (χ2n) is 7.35. The van der Waals surface area contributed by atoms with Crippen LogP contribution >= 0.6 is 0 Å². The lowest BCUT2D eigenvalue weighted by Gasteiger charge is -2.24. The van der Waals surface area contributed by atoms with Crippen LogP contribution in [0.5, 0.6) is 0 Å². The first kappa shape index (κ1) is 23.9. The Morgan fingerprint density at radius 3 is 1.67 bits per heavy atom. The van der Waals surface area contributed by atoms with Crippen LogP contribution in [0.3, 0.4) is 0 Å². The van der Waals surface area contributed by atoms with Crippen LogP contribution in [0.15, 0.2) is 17.8 Å². The molecule has 24 heavy (non-hydrogen) atoms. The molecule has 0 aromatic carbocycles. The highest BCUT2D eigenvalue weighted by Crippen LogP contribution is 2.15. The molecule has 1 aliphatic heterocycles. The predicted octanol–water partition coefficient (Wildman–Crippen LogP) is 3.47. The molecule has 0 aromatic heterocycles. The zero-order valence-electron chi connectivity index (χ0n) is 16.2. The third kappa shape index (κ3) is 11.4. The average Bonchev–Trinajstić information content (AvgIpc) is 3.04. The summed E-state index contributed by atoms with van der Waals surface area (Å²) in [5.74, 6) is 0. The second-order valence-corrected chi connectivity index (χ2v) is 7.35. The number of hydrogen-bond donors (Lipinski definition) is 0. The van der Waals surface area contributed by atoms with Crippen LogP contribution < -0.4 is 17.0 Å². The van der Waals surface area contributed by atoms with E-state index < -0.39 is 0 Å². The molecule has 0 spiro atoms. The van der Waals surface area contributed by atoms with Crippen molar-refractivity contribution >= 4 is 6.34 Å². The normalized spacial score (nSPS) is 19.4. The van der Waals surface area contributed by atoms with E-state index in [4.69, 9.17) is 0 Å². The van der Waals surface area contributed by atoms with Crippen LogP contribution in [-0.2, 0) is 0 Å². The molecule has 0 N–H and O–H groups in total. The first-order valence-electron chi connectivity index (χ1n) is 10.3. The summed E-state index contributed by atoms with van der Waals surface area (Å²) in [5, 5.41) is 0. The molecule has 0 fully saturated rings. The minimum absolute atomic E-state index is 0. The van der Waals surface area contributed by atoms with Crippen molar-refractivity contribution in [3.05, 3.63) is 12.8 Å². The Bertz CT molecular complexity index is 317. The lowest BCUT2D eigenvalue weighted by atomic mass is 10.0. The SMILES string of the molecule is C=C[N+]1(CCCCCCCCCCCCCCCC)C=NCC1.[Br-]. The molecule has 1 atom stereocenters. The molecular weight excluding hydrogens is 360 g/mol. The first-order chi connectivity index (χ1) is 11.3. The third-order valence-electron chi connectivity index (χ3n) is 5.25. The zero-order chi connectivity index (χ0) is 16.6. The highest BCUT2D eigenvalue weighted by atomic mass is 79.9. The summed E-state index contributed by atoms with van der Waals surface area (Å²) >= 11 is 0. The Morgan fingerprint density at radius 1 is 0.833 bits per heavy atom. The molecule has 1 unspecified atom stereocenters. The van der Waals surface area contributed by atoms with Crippen molar-refractivity contribution in [1.82, 2.24) is 0 Å². The van der Waals surface area contributed by atoms with Crippen LogP contribution in [0.25, 0.3) is 0 Å². The highest BCUT2D eigenvalue weighted by molar-refractivity contribution is 5.49. The molecular formula is C21H41BrN2. The maximum atomic E-state index is 4.37. The topological polar surface area (TPSA) is 12.4 Å². The fourth-order valence-corrected chi connectivity index (χ4v) is 3.52. The van der Waals surface area contributed by atoms with E-state index in [2.05, 4.69) is 31.0 Å². The molecule has 0 amide bonds. The summed E-state index contributed by atoms with van der Waals surface area (Å²) in [5.41, 5.74) is 0. The van der Waals surface area contributed by atoms with E-state index in [1.54, 1.807) is 0 Å². The number of halogens is 1. The molecule has 0 saturated carbocycles. The van der Waals surface area contributed by atoms with Gasteiger partial charge in [0.15, 0.2) is 6.34 Å². The Hall–Kier alpha value is -0.150. The summed E-state index contributed by atoms with van der Waals surface area (Å²) < 4.78 is 0.915. The van der Waals surface area contributed by atoms with Crippen LogP contribution in [-0.4, -0.2) is 30.5 Å². The van der Waals surface area contributed by atoms with E-state index in [-0.39, 0.29) is 17.0 Å². The van der Waals surface area contributed by atoms with Gasteiger partial charge in [0.2, 0.25) is 0 Å². The number of unbranched alkanes of at least 4 members (excludes halogenated alkanes) is 13. The van der Waals surface area contributed by atoms with Gasteiger partial charge in [0.05, 0.1) is 19.3 Å². The lowest BCUT2D eigenvalue weighted by molar-refractivity contribution is -0.774.